The second kappa shape index (κ2) is 5.48. The molecule has 3 heteroatoms. The molecule has 0 aromatic carbocycles. The Hall–Kier alpha value is 0.460. The van der Waals surface area contributed by atoms with Gasteiger partial charge in [0.1, 0.15) is 0 Å². The summed E-state index contributed by atoms with van der Waals surface area (Å²) in [4.78, 5) is 0. The van der Waals surface area contributed by atoms with Crippen LogP contribution in [0.1, 0.15) is 58.8 Å². The third kappa shape index (κ3) is 2.85. The van der Waals surface area contributed by atoms with Gasteiger partial charge in [0, 0.05) is 0 Å². The van der Waals surface area contributed by atoms with Gasteiger partial charge >= 0.3 is 151 Å². The van der Waals surface area contributed by atoms with E-state index in [0.717, 1.165) is 17.8 Å². The van der Waals surface area contributed by atoms with E-state index in [2.05, 4.69) is 33.5 Å². The van der Waals surface area contributed by atoms with Gasteiger partial charge < -0.3 is 0 Å². The standard InChI is InChI=1S/C20H34GeOSi/c1-14-9-20(21-13-15(14)2,22-23(3,4)5)19-10-16-6-17(11-19)8-18(7-16)12-19/h16-18H,6-13H2,1-5H3. The second-order valence-electron chi connectivity index (χ2n) is 10.3. The Labute approximate surface area is 150 Å². The normalized spacial score (nSPS) is 46.6. The molecule has 2 radical (unpaired) electrons. The van der Waals surface area contributed by atoms with Crippen molar-refractivity contribution in [1.82, 2.24) is 0 Å². The zero-order chi connectivity index (χ0) is 16.5. The minimum atomic E-state index is -1.51. The molecule has 1 nitrogen and oxygen atoms in total. The van der Waals surface area contributed by atoms with Crippen LogP contribution >= 0.6 is 0 Å². The average Bonchev–Trinajstić information content (AvgIpc) is 2.40. The number of hydrogen-bond donors (Lipinski definition) is 0. The summed E-state index contributed by atoms with van der Waals surface area (Å²) in [5.41, 5.74) is 3.95. The van der Waals surface area contributed by atoms with Gasteiger partial charge in [0.25, 0.3) is 0 Å². The molecule has 4 bridgehead atoms. The molecule has 1 aliphatic heterocycles. The Morgan fingerprint density at radius 3 is 1.87 bits per heavy atom. The topological polar surface area (TPSA) is 9.23 Å². The first-order valence-electron chi connectivity index (χ1n) is 9.81. The molecule has 1 atom stereocenters. The van der Waals surface area contributed by atoms with Gasteiger partial charge in [-0.15, -0.1) is 0 Å². The van der Waals surface area contributed by atoms with Crippen LogP contribution in [-0.4, -0.2) is 28.2 Å². The fourth-order valence-electron chi connectivity index (χ4n) is 6.70. The summed E-state index contributed by atoms with van der Waals surface area (Å²) in [6, 6.07) is 0. The first-order valence-corrected chi connectivity index (χ1v) is 15.7. The molecule has 23 heavy (non-hydrogen) atoms. The SMILES string of the molecule is CC1=C(C)C[C](O[Si](C)(C)C)(C23CC4CC(CC(C4)C2)C3)[Ge][CH2]1. The molecule has 5 aliphatic rings. The van der Waals surface area contributed by atoms with E-state index in [1.165, 1.54) is 30.9 Å². The van der Waals surface area contributed by atoms with Crippen molar-refractivity contribution in [2.24, 2.45) is 23.2 Å². The maximum atomic E-state index is 7.23. The van der Waals surface area contributed by atoms with Crippen molar-refractivity contribution in [2.75, 3.05) is 0 Å². The molecule has 1 heterocycles. The molecule has 0 saturated heterocycles. The number of allylic oxidation sites excluding steroid dienone is 1. The summed E-state index contributed by atoms with van der Waals surface area (Å²) in [5, 5.41) is 1.40. The predicted octanol–water partition coefficient (Wildman–Crippen LogP) is 5.61. The Kier molecular flexibility index (Phi) is 4.02. The molecule has 4 saturated carbocycles. The van der Waals surface area contributed by atoms with Crippen LogP contribution in [0.3, 0.4) is 0 Å². The molecule has 128 valence electrons. The van der Waals surface area contributed by atoms with Crippen molar-refractivity contribution in [2.45, 2.75) is 88.1 Å². The Bertz CT molecular complexity index is 497. The van der Waals surface area contributed by atoms with Gasteiger partial charge in [-0.25, -0.2) is 0 Å². The Morgan fingerprint density at radius 2 is 1.43 bits per heavy atom. The molecule has 4 aliphatic carbocycles. The van der Waals surface area contributed by atoms with Crippen molar-refractivity contribution in [1.29, 1.82) is 0 Å². The third-order valence-electron chi connectivity index (χ3n) is 7.26. The summed E-state index contributed by atoms with van der Waals surface area (Å²) < 4.78 is 7.53. The van der Waals surface area contributed by atoms with E-state index in [1.54, 1.807) is 30.4 Å². The average molecular weight is 391 g/mol. The van der Waals surface area contributed by atoms with Crippen LogP contribution in [0.5, 0.6) is 0 Å². The van der Waals surface area contributed by atoms with Crippen molar-refractivity contribution in [3.63, 3.8) is 0 Å². The van der Waals surface area contributed by atoms with Crippen LogP contribution in [-0.2, 0) is 4.43 Å². The number of rotatable bonds is 3. The van der Waals surface area contributed by atoms with Gasteiger partial charge in [-0.2, -0.15) is 0 Å². The van der Waals surface area contributed by atoms with E-state index in [4.69, 9.17) is 4.43 Å². The maximum absolute atomic E-state index is 7.23. The van der Waals surface area contributed by atoms with Crippen molar-refractivity contribution in [3.8, 4) is 0 Å². The third-order valence-corrected chi connectivity index (χ3v) is 13.0. The molecular weight excluding hydrogens is 357 g/mol. The zero-order valence-corrected chi connectivity index (χ0v) is 18.9. The van der Waals surface area contributed by atoms with Gasteiger partial charge in [0.15, 0.2) is 0 Å². The van der Waals surface area contributed by atoms with E-state index < -0.39 is 8.32 Å². The molecule has 5 rings (SSSR count). The summed E-state index contributed by atoms with van der Waals surface area (Å²) in [6.07, 6.45) is 10.5. The fourth-order valence-corrected chi connectivity index (χ4v) is 14.5. The summed E-state index contributed by atoms with van der Waals surface area (Å²) in [6.45, 7) is 12.1. The monoisotopic (exact) mass is 392 g/mol. The molecule has 1 unspecified atom stereocenters. The first kappa shape index (κ1) is 16.9. The molecule has 0 aromatic rings. The van der Waals surface area contributed by atoms with Crippen LogP contribution < -0.4 is 0 Å². The van der Waals surface area contributed by atoms with E-state index in [1.807, 2.05) is 0 Å². The van der Waals surface area contributed by atoms with E-state index in [-0.39, 0.29) is 15.4 Å². The molecular formula is C20H34GeOSi. The molecule has 0 aromatic heterocycles. The van der Waals surface area contributed by atoms with Crippen molar-refractivity contribution < 1.29 is 4.43 Å². The van der Waals surface area contributed by atoms with Gasteiger partial charge in [0.2, 0.25) is 0 Å². The summed E-state index contributed by atoms with van der Waals surface area (Å²) >= 11 is -0.0432. The van der Waals surface area contributed by atoms with Crippen LogP contribution in [0.2, 0.25) is 24.9 Å². The predicted molar refractivity (Wildman–Crippen MR) is 101 cm³/mol. The van der Waals surface area contributed by atoms with E-state index in [9.17, 15) is 0 Å². The van der Waals surface area contributed by atoms with E-state index >= 15 is 0 Å². The summed E-state index contributed by atoms with van der Waals surface area (Å²) in [5.74, 6) is 3.13. The molecule has 0 spiro atoms. The zero-order valence-electron chi connectivity index (χ0n) is 15.8. The van der Waals surface area contributed by atoms with Gasteiger partial charge in [-0.05, 0) is 0 Å². The van der Waals surface area contributed by atoms with Crippen LogP contribution in [0, 0.1) is 23.2 Å². The Morgan fingerprint density at radius 1 is 0.913 bits per heavy atom. The first-order chi connectivity index (χ1) is 10.7. The van der Waals surface area contributed by atoms with Crippen LogP contribution in [0.15, 0.2) is 11.1 Å². The Balaban J connectivity index is 1.74. The quantitative estimate of drug-likeness (QED) is 0.449. The van der Waals surface area contributed by atoms with Gasteiger partial charge in [0.05, 0.1) is 0 Å². The molecule has 4 fully saturated rings. The molecule has 0 N–H and O–H groups in total. The number of hydrogen-bond acceptors (Lipinski definition) is 1. The minimum absolute atomic E-state index is 0.0432. The van der Waals surface area contributed by atoms with E-state index in [0.29, 0.717) is 9.85 Å². The van der Waals surface area contributed by atoms with Crippen molar-refractivity contribution >= 4 is 23.7 Å². The van der Waals surface area contributed by atoms with Crippen LogP contribution in [0.4, 0.5) is 0 Å². The van der Waals surface area contributed by atoms with Crippen LogP contribution in [0.25, 0.3) is 0 Å². The molecule has 0 amide bonds. The van der Waals surface area contributed by atoms with Gasteiger partial charge in [-0.1, -0.05) is 0 Å². The van der Waals surface area contributed by atoms with Gasteiger partial charge in [-0.3, -0.25) is 0 Å². The van der Waals surface area contributed by atoms with Crippen molar-refractivity contribution in [3.05, 3.63) is 11.1 Å². The fraction of sp³-hybridized carbons (Fsp3) is 0.900. The second-order valence-corrected chi connectivity index (χ2v) is 17.9. The summed E-state index contributed by atoms with van der Waals surface area (Å²) in [7, 11) is -1.51.